The number of aromatic nitrogens is 3. The van der Waals surface area contributed by atoms with Crippen LogP contribution < -0.4 is 5.73 Å². The molecule has 3 rings (SSSR count). The van der Waals surface area contributed by atoms with Crippen LogP contribution in [0.15, 0.2) is 22.9 Å². The highest BCUT2D eigenvalue weighted by Crippen LogP contribution is 2.35. The molecule has 21 heavy (non-hydrogen) atoms. The molecule has 0 aliphatic carbocycles. The van der Waals surface area contributed by atoms with Gasteiger partial charge in [0.1, 0.15) is 11.4 Å². The van der Waals surface area contributed by atoms with E-state index in [4.69, 9.17) is 19.7 Å². The van der Waals surface area contributed by atoms with Crippen molar-refractivity contribution in [1.82, 2.24) is 15.1 Å². The molecule has 0 spiro atoms. The SMILES string of the molecule is CCOC1(c2noc(-c3ccc(N)nc3)n2)CCOCC1. The Morgan fingerprint density at radius 1 is 1.33 bits per heavy atom. The normalized spacial score (nSPS) is 17.8. The second kappa shape index (κ2) is 5.79. The molecule has 1 aliphatic rings. The quantitative estimate of drug-likeness (QED) is 0.916. The van der Waals surface area contributed by atoms with Crippen molar-refractivity contribution >= 4 is 5.82 Å². The average Bonchev–Trinajstić information content (AvgIpc) is 3.00. The monoisotopic (exact) mass is 290 g/mol. The summed E-state index contributed by atoms with van der Waals surface area (Å²) in [6.07, 6.45) is 3.06. The minimum absolute atomic E-state index is 0.420. The fraction of sp³-hybridized carbons (Fsp3) is 0.500. The first-order valence-electron chi connectivity index (χ1n) is 7.01. The van der Waals surface area contributed by atoms with Crippen LogP contribution in [0.4, 0.5) is 5.82 Å². The molecule has 0 atom stereocenters. The molecule has 0 amide bonds. The van der Waals surface area contributed by atoms with E-state index in [0.29, 0.717) is 37.4 Å². The third kappa shape index (κ3) is 2.74. The molecule has 1 fully saturated rings. The second-order valence-electron chi connectivity index (χ2n) is 4.93. The predicted molar refractivity (Wildman–Crippen MR) is 75.3 cm³/mol. The van der Waals surface area contributed by atoms with Crippen molar-refractivity contribution < 1.29 is 14.0 Å². The third-order valence-electron chi connectivity index (χ3n) is 3.59. The van der Waals surface area contributed by atoms with Crippen molar-refractivity contribution in [1.29, 1.82) is 0 Å². The summed E-state index contributed by atoms with van der Waals surface area (Å²) in [5.41, 5.74) is 5.80. The first-order valence-corrected chi connectivity index (χ1v) is 7.01. The van der Waals surface area contributed by atoms with E-state index in [1.807, 2.05) is 6.92 Å². The molecular formula is C14H18N4O3. The van der Waals surface area contributed by atoms with Gasteiger partial charge in [0.15, 0.2) is 0 Å². The van der Waals surface area contributed by atoms with E-state index < -0.39 is 5.60 Å². The number of nitrogen functional groups attached to an aromatic ring is 1. The van der Waals surface area contributed by atoms with Gasteiger partial charge in [-0.15, -0.1) is 0 Å². The van der Waals surface area contributed by atoms with Crippen LogP contribution in [0.5, 0.6) is 0 Å². The standard InChI is InChI=1S/C14H18N4O3/c1-2-20-14(5-7-19-8-6-14)13-17-12(21-18-13)10-3-4-11(15)16-9-10/h3-4,9H,2,5-8H2,1H3,(H2,15,16). The van der Waals surface area contributed by atoms with E-state index in [9.17, 15) is 0 Å². The number of nitrogens with zero attached hydrogens (tertiary/aromatic N) is 3. The third-order valence-corrected chi connectivity index (χ3v) is 3.59. The van der Waals surface area contributed by atoms with Gasteiger partial charge in [-0.3, -0.25) is 0 Å². The molecule has 1 saturated heterocycles. The number of hydrogen-bond donors (Lipinski definition) is 1. The van der Waals surface area contributed by atoms with Crippen LogP contribution in [-0.4, -0.2) is 34.9 Å². The fourth-order valence-corrected chi connectivity index (χ4v) is 2.47. The van der Waals surface area contributed by atoms with Gasteiger partial charge in [0.05, 0.1) is 5.56 Å². The van der Waals surface area contributed by atoms with Crippen molar-refractivity contribution in [3.05, 3.63) is 24.2 Å². The molecule has 0 saturated carbocycles. The lowest BCUT2D eigenvalue weighted by Crippen LogP contribution is -2.37. The summed E-state index contributed by atoms with van der Waals surface area (Å²) in [5.74, 6) is 1.44. The highest BCUT2D eigenvalue weighted by molar-refractivity contribution is 5.53. The van der Waals surface area contributed by atoms with Crippen LogP contribution in [0.1, 0.15) is 25.6 Å². The lowest BCUT2D eigenvalue weighted by Gasteiger charge is -2.33. The molecule has 0 bridgehead atoms. The maximum Gasteiger partial charge on any atom is 0.259 e. The Morgan fingerprint density at radius 3 is 2.81 bits per heavy atom. The summed E-state index contributed by atoms with van der Waals surface area (Å²) in [6, 6.07) is 3.50. The first kappa shape index (κ1) is 14.0. The van der Waals surface area contributed by atoms with Crippen molar-refractivity contribution in [2.45, 2.75) is 25.4 Å². The lowest BCUT2D eigenvalue weighted by molar-refractivity contribution is -0.118. The Balaban J connectivity index is 1.90. The van der Waals surface area contributed by atoms with Gasteiger partial charge >= 0.3 is 0 Å². The van der Waals surface area contributed by atoms with Crippen molar-refractivity contribution in [3.8, 4) is 11.5 Å². The van der Waals surface area contributed by atoms with Gasteiger partial charge in [-0.1, -0.05) is 5.16 Å². The summed E-state index contributed by atoms with van der Waals surface area (Å²) < 4.78 is 16.7. The van der Waals surface area contributed by atoms with E-state index in [2.05, 4.69) is 15.1 Å². The molecule has 2 N–H and O–H groups in total. The number of nitrogens with two attached hydrogens (primary N) is 1. The number of hydrogen-bond acceptors (Lipinski definition) is 7. The van der Waals surface area contributed by atoms with Gasteiger partial charge < -0.3 is 19.7 Å². The zero-order valence-electron chi connectivity index (χ0n) is 11.9. The Labute approximate surface area is 122 Å². The van der Waals surface area contributed by atoms with Crippen molar-refractivity contribution in [2.24, 2.45) is 0 Å². The van der Waals surface area contributed by atoms with Crippen LogP contribution in [-0.2, 0) is 15.1 Å². The van der Waals surface area contributed by atoms with Crippen LogP contribution in [0.2, 0.25) is 0 Å². The molecule has 3 heterocycles. The summed E-state index contributed by atoms with van der Waals surface area (Å²) >= 11 is 0. The summed E-state index contributed by atoms with van der Waals surface area (Å²) in [7, 11) is 0. The van der Waals surface area contributed by atoms with Gasteiger partial charge in [-0.2, -0.15) is 4.98 Å². The van der Waals surface area contributed by atoms with Gasteiger partial charge in [-0.05, 0) is 19.1 Å². The van der Waals surface area contributed by atoms with E-state index in [-0.39, 0.29) is 0 Å². The van der Waals surface area contributed by atoms with E-state index in [1.165, 1.54) is 0 Å². The minimum Gasteiger partial charge on any atom is -0.384 e. The lowest BCUT2D eigenvalue weighted by atomic mass is 9.93. The molecule has 112 valence electrons. The smallest absolute Gasteiger partial charge is 0.259 e. The molecule has 0 aromatic carbocycles. The van der Waals surface area contributed by atoms with Gasteiger partial charge in [0.2, 0.25) is 5.82 Å². The highest BCUT2D eigenvalue weighted by atomic mass is 16.5. The Morgan fingerprint density at radius 2 is 2.14 bits per heavy atom. The molecule has 0 unspecified atom stereocenters. The van der Waals surface area contributed by atoms with Crippen LogP contribution in [0, 0.1) is 0 Å². The summed E-state index contributed by atoms with van der Waals surface area (Å²) in [5, 5.41) is 4.10. The van der Waals surface area contributed by atoms with E-state index in [0.717, 1.165) is 18.4 Å². The predicted octanol–water partition coefficient (Wildman–Crippen LogP) is 1.76. The zero-order chi connectivity index (χ0) is 14.7. The maximum absolute atomic E-state index is 5.92. The summed E-state index contributed by atoms with van der Waals surface area (Å²) in [6.45, 7) is 3.82. The van der Waals surface area contributed by atoms with Crippen LogP contribution in [0.3, 0.4) is 0 Å². The molecule has 2 aromatic rings. The second-order valence-corrected chi connectivity index (χ2v) is 4.93. The number of rotatable bonds is 4. The maximum atomic E-state index is 5.92. The fourth-order valence-electron chi connectivity index (χ4n) is 2.47. The van der Waals surface area contributed by atoms with Gasteiger partial charge in [0.25, 0.3) is 5.89 Å². The molecule has 7 heteroatoms. The zero-order valence-corrected chi connectivity index (χ0v) is 11.9. The Kier molecular flexibility index (Phi) is 3.85. The van der Waals surface area contributed by atoms with E-state index in [1.54, 1.807) is 18.3 Å². The molecule has 1 aliphatic heterocycles. The number of pyridine rings is 1. The van der Waals surface area contributed by atoms with Crippen molar-refractivity contribution in [2.75, 3.05) is 25.6 Å². The largest absolute Gasteiger partial charge is 0.384 e. The minimum atomic E-state index is -0.518. The Bertz CT molecular complexity index is 585. The van der Waals surface area contributed by atoms with Crippen molar-refractivity contribution in [3.63, 3.8) is 0 Å². The first-order chi connectivity index (χ1) is 10.2. The van der Waals surface area contributed by atoms with E-state index >= 15 is 0 Å². The number of anilines is 1. The van der Waals surface area contributed by atoms with Gasteiger partial charge in [-0.25, -0.2) is 4.98 Å². The average molecular weight is 290 g/mol. The number of ether oxygens (including phenoxy) is 2. The Hall–Kier alpha value is -1.99. The summed E-state index contributed by atoms with van der Waals surface area (Å²) in [4.78, 5) is 8.52. The van der Waals surface area contributed by atoms with Crippen LogP contribution >= 0.6 is 0 Å². The topological polar surface area (TPSA) is 96.3 Å². The van der Waals surface area contributed by atoms with Crippen LogP contribution in [0.25, 0.3) is 11.5 Å². The molecule has 0 radical (unpaired) electrons. The molecule has 7 nitrogen and oxygen atoms in total. The van der Waals surface area contributed by atoms with Gasteiger partial charge in [0, 0.05) is 38.9 Å². The molecular weight excluding hydrogens is 272 g/mol. The highest BCUT2D eigenvalue weighted by Gasteiger charge is 2.39. The molecule has 2 aromatic heterocycles.